The topological polar surface area (TPSA) is 24.5 Å². The second-order valence-electron chi connectivity index (χ2n) is 6.87. The number of ether oxygens (including phenoxy) is 1. The molecule has 1 unspecified atom stereocenters. The summed E-state index contributed by atoms with van der Waals surface area (Å²) in [4.78, 5) is 2.75. The van der Waals surface area contributed by atoms with Crippen LogP contribution in [0.4, 0.5) is 0 Å². The molecule has 0 aliphatic carbocycles. The first-order chi connectivity index (χ1) is 9.78. The molecule has 0 bridgehead atoms. The third kappa shape index (κ3) is 4.71. The molecular formula is C17H34N2O. The number of hydrogen-bond donors (Lipinski definition) is 1. The van der Waals surface area contributed by atoms with E-state index in [1.54, 1.807) is 0 Å². The van der Waals surface area contributed by atoms with Crippen LogP contribution in [0, 0.1) is 11.3 Å². The van der Waals surface area contributed by atoms with Crippen LogP contribution in [0.2, 0.25) is 0 Å². The minimum atomic E-state index is 0.459. The molecule has 0 aromatic rings. The van der Waals surface area contributed by atoms with E-state index in [9.17, 15) is 0 Å². The highest BCUT2D eigenvalue weighted by molar-refractivity contribution is 4.88. The Morgan fingerprint density at radius 1 is 1.15 bits per heavy atom. The van der Waals surface area contributed by atoms with Crippen molar-refractivity contribution >= 4 is 0 Å². The summed E-state index contributed by atoms with van der Waals surface area (Å²) in [5, 5.41) is 3.60. The Hall–Kier alpha value is -0.120. The maximum atomic E-state index is 5.61. The Balaban J connectivity index is 1.89. The minimum Gasteiger partial charge on any atom is -0.381 e. The first-order valence-corrected chi connectivity index (χ1v) is 8.79. The van der Waals surface area contributed by atoms with E-state index in [0.29, 0.717) is 5.41 Å². The Labute approximate surface area is 125 Å². The highest BCUT2D eigenvalue weighted by Gasteiger charge is 2.34. The molecule has 2 aliphatic rings. The molecule has 2 fully saturated rings. The molecule has 0 spiro atoms. The van der Waals surface area contributed by atoms with Crippen molar-refractivity contribution < 1.29 is 4.74 Å². The molecule has 3 nitrogen and oxygen atoms in total. The van der Waals surface area contributed by atoms with Crippen molar-refractivity contribution in [2.45, 2.75) is 52.4 Å². The number of nitrogens with zero attached hydrogens (tertiary/aromatic N) is 1. The molecule has 118 valence electrons. The van der Waals surface area contributed by atoms with Gasteiger partial charge in [-0.3, -0.25) is 0 Å². The van der Waals surface area contributed by atoms with Gasteiger partial charge in [0.25, 0.3) is 0 Å². The summed E-state index contributed by atoms with van der Waals surface area (Å²) in [6.45, 7) is 12.6. The molecule has 0 amide bonds. The smallest absolute Gasteiger partial charge is 0.0472 e. The molecule has 0 aromatic carbocycles. The van der Waals surface area contributed by atoms with Crippen molar-refractivity contribution in [2.75, 3.05) is 45.9 Å². The lowest BCUT2D eigenvalue weighted by atomic mass is 9.79. The second-order valence-corrected chi connectivity index (χ2v) is 6.87. The summed E-state index contributed by atoms with van der Waals surface area (Å²) >= 11 is 0. The molecule has 2 aliphatic heterocycles. The van der Waals surface area contributed by atoms with E-state index < -0.39 is 0 Å². The van der Waals surface area contributed by atoms with Crippen LogP contribution in [-0.2, 0) is 4.74 Å². The molecule has 2 saturated heterocycles. The first-order valence-electron chi connectivity index (χ1n) is 8.79. The van der Waals surface area contributed by atoms with Gasteiger partial charge in [-0.2, -0.15) is 0 Å². The standard InChI is InChI=1S/C17H34N2O/c1-3-16-6-5-10-19(11-7-16)15-17(14-18-4-2)8-12-20-13-9-17/h16,18H,3-15H2,1-2H3. The number of hydrogen-bond acceptors (Lipinski definition) is 3. The van der Waals surface area contributed by atoms with Gasteiger partial charge >= 0.3 is 0 Å². The normalized spacial score (nSPS) is 28.2. The summed E-state index contributed by atoms with van der Waals surface area (Å²) in [6, 6.07) is 0. The van der Waals surface area contributed by atoms with Crippen molar-refractivity contribution in [3.63, 3.8) is 0 Å². The van der Waals surface area contributed by atoms with Crippen LogP contribution in [0.3, 0.4) is 0 Å². The number of likely N-dealkylation sites (tertiary alicyclic amines) is 1. The quantitative estimate of drug-likeness (QED) is 0.811. The zero-order chi connectivity index (χ0) is 14.3. The van der Waals surface area contributed by atoms with Gasteiger partial charge in [0, 0.05) is 26.3 Å². The monoisotopic (exact) mass is 282 g/mol. The zero-order valence-electron chi connectivity index (χ0n) is 13.6. The second kappa shape index (κ2) is 8.35. The van der Waals surface area contributed by atoms with Gasteiger partial charge in [0.05, 0.1) is 0 Å². The lowest BCUT2D eigenvalue weighted by Crippen LogP contribution is -2.47. The average Bonchev–Trinajstić information content (AvgIpc) is 2.71. The van der Waals surface area contributed by atoms with Crippen LogP contribution in [-0.4, -0.2) is 50.8 Å². The predicted molar refractivity (Wildman–Crippen MR) is 85.1 cm³/mol. The van der Waals surface area contributed by atoms with E-state index in [2.05, 4.69) is 24.1 Å². The maximum Gasteiger partial charge on any atom is 0.0472 e. The van der Waals surface area contributed by atoms with E-state index in [1.165, 1.54) is 64.7 Å². The van der Waals surface area contributed by atoms with Crippen molar-refractivity contribution in [1.29, 1.82) is 0 Å². The fourth-order valence-corrected chi connectivity index (χ4v) is 3.85. The third-order valence-electron chi connectivity index (χ3n) is 5.38. The predicted octanol–water partition coefficient (Wildman–Crippen LogP) is 2.90. The van der Waals surface area contributed by atoms with Gasteiger partial charge < -0.3 is 15.0 Å². The average molecular weight is 282 g/mol. The molecular weight excluding hydrogens is 248 g/mol. The summed E-state index contributed by atoms with van der Waals surface area (Å²) in [5.41, 5.74) is 0.459. The van der Waals surface area contributed by atoms with E-state index in [0.717, 1.165) is 25.7 Å². The highest BCUT2D eigenvalue weighted by Crippen LogP contribution is 2.32. The van der Waals surface area contributed by atoms with Gasteiger partial charge in [-0.15, -0.1) is 0 Å². The van der Waals surface area contributed by atoms with Gasteiger partial charge in [-0.25, -0.2) is 0 Å². The first kappa shape index (κ1) is 16.3. The molecule has 1 N–H and O–H groups in total. The van der Waals surface area contributed by atoms with E-state index in [-0.39, 0.29) is 0 Å². The lowest BCUT2D eigenvalue weighted by molar-refractivity contribution is -0.00381. The Kier molecular flexibility index (Phi) is 6.79. The van der Waals surface area contributed by atoms with Crippen molar-refractivity contribution in [2.24, 2.45) is 11.3 Å². The minimum absolute atomic E-state index is 0.459. The molecule has 2 heterocycles. The molecule has 0 radical (unpaired) electrons. The molecule has 0 aromatic heterocycles. The fourth-order valence-electron chi connectivity index (χ4n) is 3.85. The maximum absolute atomic E-state index is 5.61. The molecule has 2 rings (SSSR count). The van der Waals surface area contributed by atoms with Crippen LogP contribution in [0.15, 0.2) is 0 Å². The van der Waals surface area contributed by atoms with Crippen molar-refractivity contribution in [3.8, 4) is 0 Å². The van der Waals surface area contributed by atoms with Crippen LogP contribution in [0.5, 0.6) is 0 Å². The number of nitrogens with one attached hydrogen (secondary N) is 1. The van der Waals surface area contributed by atoms with Crippen LogP contribution >= 0.6 is 0 Å². The summed E-state index contributed by atoms with van der Waals surface area (Å²) in [6.07, 6.45) is 8.07. The van der Waals surface area contributed by atoms with Gasteiger partial charge in [0.2, 0.25) is 0 Å². The van der Waals surface area contributed by atoms with E-state index in [1.807, 2.05) is 0 Å². The van der Waals surface area contributed by atoms with E-state index >= 15 is 0 Å². The van der Waals surface area contributed by atoms with Gasteiger partial charge in [-0.05, 0) is 63.1 Å². The third-order valence-corrected chi connectivity index (χ3v) is 5.38. The SMILES string of the molecule is CCNCC1(CN2CCCC(CC)CC2)CCOCC1. The van der Waals surface area contributed by atoms with Crippen molar-refractivity contribution in [3.05, 3.63) is 0 Å². The van der Waals surface area contributed by atoms with Crippen LogP contribution in [0.1, 0.15) is 52.4 Å². The van der Waals surface area contributed by atoms with E-state index in [4.69, 9.17) is 4.74 Å². The summed E-state index contributed by atoms with van der Waals surface area (Å²) in [5.74, 6) is 0.972. The molecule has 20 heavy (non-hydrogen) atoms. The lowest BCUT2D eigenvalue weighted by Gasteiger charge is -2.41. The Bertz CT molecular complexity index is 264. The zero-order valence-corrected chi connectivity index (χ0v) is 13.6. The van der Waals surface area contributed by atoms with Crippen LogP contribution in [0.25, 0.3) is 0 Å². The molecule has 3 heteroatoms. The summed E-state index contributed by atoms with van der Waals surface area (Å²) in [7, 11) is 0. The fraction of sp³-hybridized carbons (Fsp3) is 1.00. The Morgan fingerprint density at radius 2 is 1.95 bits per heavy atom. The largest absolute Gasteiger partial charge is 0.381 e. The Morgan fingerprint density at radius 3 is 2.65 bits per heavy atom. The molecule has 1 atom stereocenters. The summed E-state index contributed by atoms with van der Waals surface area (Å²) < 4.78 is 5.61. The van der Waals surface area contributed by atoms with Gasteiger partial charge in [0.15, 0.2) is 0 Å². The van der Waals surface area contributed by atoms with Gasteiger partial charge in [0.1, 0.15) is 0 Å². The van der Waals surface area contributed by atoms with Crippen molar-refractivity contribution in [1.82, 2.24) is 10.2 Å². The molecule has 0 saturated carbocycles. The number of rotatable bonds is 6. The van der Waals surface area contributed by atoms with Crippen LogP contribution < -0.4 is 5.32 Å². The highest BCUT2D eigenvalue weighted by atomic mass is 16.5. The van der Waals surface area contributed by atoms with Gasteiger partial charge in [-0.1, -0.05) is 20.3 Å².